The van der Waals surface area contributed by atoms with Crippen LogP contribution < -0.4 is 5.32 Å². The Balaban J connectivity index is 1.61. The van der Waals surface area contributed by atoms with Crippen molar-refractivity contribution in [3.63, 3.8) is 0 Å². The molecule has 1 amide bonds. The van der Waals surface area contributed by atoms with Crippen LogP contribution in [0, 0.1) is 6.92 Å². The molecule has 0 fully saturated rings. The molecule has 0 aliphatic carbocycles. The van der Waals surface area contributed by atoms with Gasteiger partial charge < -0.3 is 9.73 Å². The van der Waals surface area contributed by atoms with Crippen molar-refractivity contribution in [3.05, 3.63) is 52.9 Å². The Hall–Kier alpha value is -2.32. The molecule has 3 rings (SSSR count). The zero-order valence-electron chi connectivity index (χ0n) is 12.8. The lowest BCUT2D eigenvalue weighted by molar-refractivity contribution is -0.118. The second-order valence-corrected chi connectivity index (χ2v) is 6.30. The lowest BCUT2D eigenvalue weighted by Gasteiger charge is -2.06. The lowest BCUT2D eigenvalue weighted by Crippen LogP contribution is -2.24. The molecule has 0 spiro atoms. The number of furan rings is 1. The molecule has 3 aromatic rings. The van der Waals surface area contributed by atoms with Gasteiger partial charge in [-0.25, -0.2) is 0 Å². The summed E-state index contributed by atoms with van der Waals surface area (Å²) in [5.41, 5.74) is 1.72. The highest BCUT2D eigenvalue weighted by molar-refractivity contribution is 7.99. The summed E-state index contributed by atoms with van der Waals surface area (Å²) >= 11 is 7.38. The van der Waals surface area contributed by atoms with Gasteiger partial charge in [0.05, 0.1) is 24.2 Å². The van der Waals surface area contributed by atoms with Gasteiger partial charge >= 0.3 is 0 Å². The van der Waals surface area contributed by atoms with Gasteiger partial charge in [0, 0.05) is 5.02 Å². The molecular weight excluding hydrogens is 350 g/mol. The number of aryl methyl sites for hydroxylation is 1. The predicted molar refractivity (Wildman–Crippen MR) is 90.2 cm³/mol. The van der Waals surface area contributed by atoms with Crippen molar-refractivity contribution in [2.45, 2.75) is 18.6 Å². The minimum atomic E-state index is -0.132. The largest absolute Gasteiger partial charge is 0.467 e. The van der Waals surface area contributed by atoms with E-state index in [0.29, 0.717) is 22.5 Å². The number of halogens is 1. The first-order chi connectivity index (χ1) is 11.6. The summed E-state index contributed by atoms with van der Waals surface area (Å²) in [5.74, 6) is 0.765. The molecule has 24 heavy (non-hydrogen) atoms. The van der Waals surface area contributed by atoms with Gasteiger partial charge in [-0.2, -0.15) is 4.68 Å². The summed E-state index contributed by atoms with van der Waals surface area (Å²) in [6.07, 6.45) is 1.57. The molecule has 0 radical (unpaired) electrons. The van der Waals surface area contributed by atoms with E-state index in [9.17, 15) is 4.79 Å². The van der Waals surface area contributed by atoms with Gasteiger partial charge in [-0.3, -0.25) is 4.79 Å². The number of carbonyl (C=O) groups is 1. The van der Waals surface area contributed by atoms with E-state index < -0.39 is 0 Å². The minimum absolute atomic E-state index is 0.132. The molecule has 1 aromatic carbocycles. The third-order valence-electron chi connectivity index (χ3n) is 3.21. The van der Waals surface area contributed by atoms with Crippen LogP contribution in [0.15, 0.2) is 46.2 Å². The maximum absolute atomic E-state index is 11.9. The predicted octanol–water partition coefficient (Wildman–Crippen LogP) is 2.63. The third kappa shape index (κ3) is 3.95. The average molecular weight is 364 g/mol. The van der Waals surface area contributed by atoms with Crippen molar-refractivity contribution < 1.29 is 9.21 Å². The van der Waals surface area contributed by atoms with E-state index in [1.165, 1.54) is 11.8 Å². The topological polar surface area (TPSA) is 85.8 Å². The van der Waals surface area contributed by atoms with Gasteiger partial charge in [-0.15, -0.1) is 5.10 Å². The number of rotatable bonds is 6. The molecular formula is C15H14ClN5O2S. The third-order valence-corrected chi connectivity index (χ3v) is 4.54. The van der Waals surface area contributed by atoms with Crippen LogP contribution in [0.1, 0.15) is 11.3 Å². The first-order valence-corrected chi connectivity index (χ1v) is 8.46. The van der Waals surface area contributed by atoms with Crippen LogP contribution in [0.25, 0.3) is 5.69 Å². The number of hydrogen-bond donors (Lipinski definition) is 1. The fourth-order valence-electron chi connectivity index (χ4n) is 1.92. The summed E-state index contributed by atoms with van der Waals surface area (Å²) in [5, 5.41) is 15.5. The maximum Gasteiger partial charge on any atom is 0.230 e. The van der Waals surface area contributed by atoms with Crippen LogP contribution in [-0.2, 0) is 11.3 Å². The number of thioether (sulfide) groups is 1. The van der Waals surface area contributed by atoms with Crippen LogP contribution in [0.5, 0.6) is 0 Å². The van der Waals surface area contributed by atoms with Crippen molar-refractivity contribution >= 4 is 29.3 Å². The Bertz CT molecular complexity index is 834. The molecule has 0 saturated heterocycles. The summed E-state index contributed by atoms with van der Waals surface area (Å²) in [6, 6.07) is 9.13. The van der Waals surface area contributed by atoms with Gasteiger partial charge in [0.25, 0.3) is 0 Å². The average Bonchev–Trinajstić information content (AvgIpc) is 3.25. The summed E-state index contributed by atoms with van der Waals surface area (Å²) in [6.45, 7) is 2.27. The number of benzene rings is 1. The molecule has 124 valence electrons. The Morgan fingerprint density at radius 2 is 2.29 bits per heavy atom. The number of aromatic nitrogens is 4. The molecule has 0 aliphatic rings. The van der Waals surface area contributed by atoms with Crippen molar-refractivity contribution in [3.8, 4) is 5.69 Å². The summed E-state index contributed by atoms with van der Waals surface area (Å²) in [4.78, 5) is 11.9. The standard InChI is InChI=1S/C15H14ClN5O2S/c1-10-4-5-11(7-13(10)16)21-15(18-19-20-21)24-9-14(22)17-8-12-3-2-6-23-12/h2-7H,8-9H2,1H3,(H,17,22). The molecule has 7 nitrogen and oxygen atoms in total. The zero-order chi connectivity index (χ0) is 16.9. The normalized spacial score (nSPS) is 10.8. The zero-order valence-corrected chi connectivity index (χ0v) is 14.3. The molecule has 2 heterocycles. The number of tetrazole rings is 1. The highest BCUT2D eigenvalue weighted by Gasteiger charge is 2.12. The lowest BCUT2D eigenvalue weighted by atomic mass is 10.2. The van der Waals surface area contributed by atoms with Crippen molar-refractivity contribution in [2.24, 2.45) is 0 Å². The maximum atomic E-state index is 11.9. The monoisotopic (exact) mass is 363 g/mol. The van der Waals surface area contributed by atoms with Gasteiger partial charge in [0.2, 0.25) is 11.1 Å². The summed E-state index contributed by atoms with van der Waals surface area (Å²) in [7, 11) is 0. The van der Waals surface area contributed by atoms with Gasteiger partial charge in [-0.05, 0) is 47.2 Å². The fraction of sp³-hybridized carbons (Fsp3) is 0.200. The van der Waals surface area contributed by atoms with E-state index in [2.05, 4.69) is 20.8 Å². The second kappa shape index (κ2) is 7.50. The van der Waals surface area contributed by atoms with Crippen LogP contribution >= 0.6 is 23.4 Å². The van der Waals surface area contributed by atoms with Crippen molar-refractivity contribution in [1.29, 1.82) is 0 Å². The molecule has 9 heteroatoms. The SMILES string of the molecule is Cc1ccc(-n2nnnc2SCC(=O)NCc2ccco2)cc1Cl. The van der Waals surface area contributed by atoms with Crippen LogP contribution in [-0.4, -0.2) is 31.9 Å². The Morgan fingerprint density at radius 1 is 1.42 bits per heavy atom. The molecule has 0 aliphatic heterocycles. The Kier molecular flexibility index (Phi) is 5.17. The van der Waals surface area contributed by atoms with E-state index >= 15 is 0 Å². The van der Waals surface area contributed by atoms with E-state index in [4.69, 9.17) is 16.0 Å². The minimum Gasteiger partial charge on any atom is -0.467 e. The Morgan fingerprint density at radius 3 is 3.04 bits per heavy atom. The van der Waals surface area contributed by atoms with E-state index in [0.717, 1.165) is 11.3 Å². The van der Waals surface area contributed by atoms with Gasteiger partial charge in [0.15, 0.2) is 0 Å². The Labute approximate surface area is 147 Å². The highest BCUT2D eigenvalue weighted by Crippen LogP contribution is 2.22. The molecule has 0 unspecified atom stereocenters. The van der Waals surface area contributed by atoms with Crippen LogP contribution in [0.4, 0.5) is 0 Å². The molecule has 0 saturated carbocycles. The van der Waals surface area contributed by atoms with Crippen LogP contribution in [0.3, 0.4) is 0 Å². The van der Waals surface area contributed by atoms with E-state index in [-0.39, 0.29) is 11.7 Å². The first kappa shape index (κ1) is 16.5. The van der Waals surface area contributed by atoms with Crippen molar-refractivity contribution in [2.75, 3.05) is 5.75 Å². The smallest absolute Gasteiger partial charge is 0.230 e. The molecule has 0 atom stereocenters. The number of nitrogens with one attached hydrogen (secondary N) is 1. The number of hydrogen-bond acceptors (Lipinski definition) is 6. The highest BCUT2D eigenvalue weighted by atomic mass is 35.5. The van der Waals surface area contributed by atoms with E-state index in [1.54, 1.807) is 29.1 Å². The van der Waals surface area contributed by atoms with E-state index in [1.807, 2.05) is 19.1 Å². The number of carbonyl (C=O) groups excluding carboxylic acids is 1. The number of nitrogens with zero attached hydrogens (tertiary/aromatic N) is 4. The summed E-state index contributed by atoms with van der Waals surface area (Å²) < 4.78 is 6.71. The second-order valence-electron chi connectivity index (χ2n) is 4.95. The quantitative estimate of drug-likeness (QED) is 0.677. The molecule has 2 aromatic heterocycles. The molecule has 0 bridgehead atoms. The van der Waals surface area contributed by atoms with Crippen LogP contribution in [0.2, 0.25) is 5.02 Å². The van der Waals surface area contributed by atoms with Gasteiger partial charge in [-0.1, -0.05) is 29.4 Å². The number of amides is 1. The fourth-order valence-corrected chi connectivity index (χ4v) is 2.82. The first-order valence-electron chi connectivity index (χ1n) is 7.10. The van der Waals surface area contributed by atoms with Gasteiger partial charge in [0.1, 0.15) is 5.76 Å². The molecule has 1 N–H and O–H groups in total. The van der Waals surface area contributed by atoms with Crippen molar-refractivity contribution in [1.82, 2.24) is 25.5 Å².